The number of nitrogens with one attached hydrogen (secondary N) is 2. The van der Waals surface area contributed by atoms with Crippen LogP contribution in [0.25, 0.3) is 0 Å². The lowest BCUT2D eigenvalue weighted by atomic mass is 10.0. The maximum absolute atomic E-state index is 14.1. The van der Waals surface area contributed by atoms with Gasteiger partial charge >= 0.3 is 0 Å². The van der Waals surface area contributed by atoms with Gasteiger partial charge in [0.05, 0.1) is 18.5 Å². The fourth-order valence-corrected chi connectivity index (χ4v) is 4.78. The molecule has 3 rings (SSSR count). The van der Waals surface area contributed by atoms with Gasteiger partial charge in [0.25, 0.3) is 0 Å². The molecule has 0 spiro atoms. The number of fused-ring (bicyclic) bond motifs is 1. The van der Waals surface area contributed by atoms with Crippen molar-refractivity contribution in [2.24, 2.45) is 5.92 Å². The van der Waals surface area contributed by atoms with Crippen LogP contribution in [0.4, 0.5) is 8.78 Å². The summed E-state index contributed by atoms with van der Waals surface area (Å²) in [6.07, 6.45) is 2.19. The standard InChI is InChI=1S/C22H23BrF2N2O2S/c1-12(11-30-2)22(29)27-21-14-6-4-3-5-13(14)9-18(21)26-19(28)10-15-16(23)7-8-17(24)20(15)25/h3-8,12,18,21H,9-11H2,1-2H3,(H,26,28)(H,27,29)/t12?,18-,21-/m1/s1. The van der Waals surface area contributed by atoms with Gasteiger partial charge in [-0.25, -0.2) is 8.78 Å². The monoisotopic (exact) mass is 496 g/mol. The van der Waals surface area contributed by atoms with Gasteiger partial charge in [0.2, 0.25) is 11.8 Å². The molecule has 0 aromatic heterocycles. The molecule has 2 amide bonds. The van der Waals surface area contributed by atoms with Crippen molar-refractivity contribution >= 4 is 39.5 Å². The van der Waals surface area contributed by atoms with Crippen molar-refractivity contribution < 1.29 is 18.4 Å². The second kappa shape index (κ2) is 9.92. The molecule has 4 nitrogen and oxygen atoms in total. The van der Waals surface area contributed by atoms with Crippen molar-refractivity contribution in [3.8, 4) is 0 Å². The molecule has 1 unspecified atom stereocenters. The van der Waals surface area contributed by atoms with Crippen LogP contribution in [0.3, 0.4) is 0 Å². The van der Waals surface area contributed by atoms with Crippen LogP contribution < -0.4 is 10.6 Å². The highest BCUT2D eigenvalue weighted by Crippen LogP contribution is 2.32. The molecule has 30 heavy (non-hydrogen) atoms. The third-order valence-electron chi connectivity index (χ3n) is 5.22. The Kier molecular flexibility index (Phi) is 7.52. The molecule has 0 fully saturated rings. The quantitative estimate of drug-likeness (QED) is 0.565. The fourth-order valence-electron chi connectivity index (χ4n) is 3.68. The second-order valence-electron chi connectivity index (χ2n) is 7.42. The fraction of sp³-hybridized carbons (Fsp3) is 0.364. The van der Waals surface area contributed by atoms with Crippen molar-refractivity contribution in [3.63, 3.8) is 0 Å². The zero-order valence-electron chi connectivity index (χ0n) is 16.7. The van der Waals surface area contributed by atoms with E-state index in [1.165, 1.54) is 6.07 Å². The van der Waals surface area contributed by atoms with Gasteiger partial charge in [-0.05, 0) is 35.9 Å². The van der Waals surface area contributed by atoms with Crippen LogP contribution in [0.5, 0.6) is 0 Å². The molecule has 0 saturated heterocycles. The maximum Gasteiger partial charge on any atom is 0.224 e. The van der Waals surface area contributed by atoms with Crippen molar-refractivity contribution in [1.29, 1.82) is 0 Å². The molecule has 3 atom stereocenters. The number of rotatable bonds is 7. The first-order valence-electron chi connectivity index (χ1n) is 9.60. The van der Waals surface area contributed by atoms with Gasteiger partial charge in [-0.3, -0.25) is 9.59 Å². The summed E-state index contributed by atoms with van der Waals surface area (Å²) in [4.78, 5) is 25.3. The van der Waals surface area contributed by atoms with Crippen molar-refractivity contribution in [2.45, 2.75) is 31.8 Å². The zero-order valence-corrected chi connectivity index (χ0v) is 19.1. The summed E-state index contributed by atoms with van der Waals surface area (Å²) in [7, 11) is 0. The Balaban J connectivity index is 1.76. The molecule has 2 aromatic carbocycles. The van der Waals surface area contributed by atoms with E-state index in [1.807, 2.05) is 37.4 Å². The van der Waals surface area contributed by atoms with E-state index in [2.05, 4.69) is 26.6 Å². The highest BCUT2D eigenvalue weighted by Gasteiger charge is 2.35. The molecule has 0 bridgehead atoms. The SMILES string of the molecule is CSCC(C)C(=O)N[C@@H]1c2ccccc2C[C@H]1NC(=O)Cc1c(Br)ccc(F)c1F. The lowest BCUT2D eigenvalue weighted by molar-refractivity contribution is -0.126. The molecule has 2 N–H and O–H groups in total. The second-order valence-corrected chi connectivity index (χ2v) is 9.18. The third-order valence-corrected chi connectivity index (χ3v) is 6.79. The predicted molar refractivity (Wildman–Crippen MR) is 118 cm³/mol. The van der Waals surface area contributed by atoms with Crippen LogP contribution in [-0.4, -0.2) is 29.9 Å². The number of carbonyl (C=O) groups excluding carboxylic acids is 2. The molecule has 2 aromatic rings. The van der Waals surface area contributed by atoms with Crippen molar-refractivity contribution in [1.82, 2.24) is 10.6 Å². The van der Waals surface area contributed by atoms with Crippen LogP contribution >= 0.6 is 27.7 Å². The summed E-state index contributed by atoms with van der Waals surface area (Å²) in [5, 5.41) is 5.97. The zero-order chi connectivity index (χ0) is 21.8. The molecule has 0 heterocycles. The van der Waals surface area contributed by atoms with Gasteiger partial charge in [0, 0.05) is 21.7 Å². The number of halogens is 3. The molecular formula is C22H23BrF2N2O2S. The van der Waals surface area contributed by atoms with E-state index in [0.717, 1.165) is 17.2 Å². The largest absolute Gasteiger partial charge is 0.350 e. The first-order valence-corrected chi connectivity index (χ1v) is 11.8. The van der Waals surface area contributed by atoms with Crippen molar-refractivity contribution in [3.05, 3.63) is 69.2 Å². The molecular weight excluding hydrogens is 474 g/mol. The van der Waals surface area contributed by atoms with Crippen LogP contribution in [0.1, 0.15) is 29.7 Å². The summed E-state index contributed by atoms with van der Waals surface area (Å²) in [5.41, 5.74) is 1.98. The number of carbonyl (C=O) groups is 2. The average Bonchev–Trinajstić information content (AvgIpc) is 3.05. The first kappa shape index (κ1) is 22.7. The number of benzene rings is 2. The van der Waals surface area contributed by atoms with Gasteiger partial charge in [-0.2, -0.15) is 11.8 Å². The Morgan fingerprint density at radius 1 is 1.20 bits per heavy atom. The Morgan fingerprint density at radius 3 is 2.67 bits per heavy atom. The van der Waals surface area contributed by atoms with E-state index in [4.69, 9.17) is 0 Å². The van der Waals surface area contributed by atoms with Crippen LogP contribution in [-0.2, 0) is 22.4 Å². The maximum atomic E-state index is 14.1. The molecule has 0 radical (unpaired) electrons. The van der Waals surface area contributed by atoms with Gasteiger partial charge < -0.3 is 10.6 Å². The van der Waals surface area contributed by atoms with E-state index >= 15 is 0 Å². The smallest absolute Gasteiger partial charge is 0.224 e. The molecule has 1 aliphatic carbocycles. The van der Waals surface area contributed by atoms with Crippen LogP contribution in [0.15, 0.2) is 40.9 Å². The lowest BCUT2D eigenvalue weighted by Crippen LogP contribution is -2.46. The van der Waals surface area contributed by atoms with Crippen molar-refractivity contribution in [2.75, 3.05) is 12.0 Å². The predicted octanol–water partition coefficient (Wildman–Crippen LogP) is 4.17. The third kappa shape index (κ3) is 5.03. The molecule has 8 heteroatoms. The van der Waals surface area contributed by atoms with Gasteiger partial charge in [0.15, 0.2) is 11.6 Å². The summed E-state index contributed by atoms with van der Waals surface area (Å²) >= 11 is 4.77. The minimum atomic E-state index is -1.04. The lowest BCUT2D eigenvalue weighted by Gasteiger charge is -2.25. The summed E-state index contributed by atoms with van der Waals surface area (Å²) < 4.78 is 28.0. The molecule has 0 saturated carbocycles. The van der Waals surface area contributed by atoms with E-state index in [-0.39, 0.29) is 35.9 Å². The summed E-state index contributed by atoms with van der Waals surface area (Å²) in [6, 6.07) is 9.37. The molecule has 0 aliphatic heterocycles. The van der Waals surface area contributed by atoms with Gasteiger partial charge in [0.1, 0.15) is 0 Å². The van der Waals surface area contributed by atoms with E-state index in [1.54, 1.807) is 11.8 Å². The minimum Gasteiger partial charge on any atom is -0.350 e. The van der Waals surface area contributed by atoms with Gasteiger partial charge in [-0.1, -0.05) is 47.1 Å². The Labute approximate surface area is 187 Å². The Hall–Kier alpha value is -1.93. The highest BCUT2D eigenvalue weighted by molar-refractivity contribution is 9.10. The first-order chi connectivity index (χ1) is 14.3. The normalized spacial score (nSPS) is 18.6. The number of hydrogen-bond donors (Lipinski definition) is 2. The Morgan fingerprint density at radius 2 is 1.93 bits per heavy atom. The Bertz CT molecular complexity index is 957. The highest BCUT2D eigenvalue weighted by atomic mass is 79.9. The molecule has 160 valence electrons. The van der Waals surface area contributed by atoms with Crippen LogP contribution in [0, 0.1) is 17.6 Å². The number of amides is 2. The minimum absolute atomic E-state index is 0.0304. The van der Waals surface area contributed by atoms with Gasteiger partial charge in [-0.15, -0.1) is 0 Å². The summed E-state index contributed by atoms with van der Waals surface area (Å²) in [6.45, 7) is 1.87. The molecule has 1 aliphatic rings. The van der Waals surface area contributed by atoms with E-state index in [0.29, 0.717) is 16.6 Å². The average molecular weight is 497 g/mol. The topological polar surface area (TPSA) is 58.2 Å². The van der Waals surface area contributed by atoms with Crippen LogP contribution in [0.2, 0.25) is 0 Å². The number of thioether (sulfide) groups is 1. The summed E-state index contributed by atoms with van der Waals surface area (Å²) in [5.74, 6) is -2.02. The van der Waals surface area contributed by atoms with E-state index in [9.17, 15) is 18.4 Å². The van der Waals surface area contributed by atoms with E-state index < -0.39 is 17.5 Å². The number of hydrogen-bond acceptors (Lipinski definition) is 3.